The molecule has 0 fully saturated rings. The van der Waals surface area contributed by atoms with Gasteiger partial charge in [-0.25, -0.2) is 0 Å². The molecule has 0 radical (unpaired) electrons. The summed E-state index contributed by atoms with van der Waals surface area (Å²) in [5, 5.41) is 7.14. The number of allylic oxidation sites excluding steroid dienone is 1. The summed E-state index contributed by atoms with van der Waals surface area (Å²) in [6.07, 6.45) is -3.10. The lowest BCUT2D eigenvalue weighted by Gasteiger charge is -2.11. The van der Waals surface area contributed by atoms with Gasteiger partial charge in [-0.1, -0.05) is 11.6 Å². The summed E-state index contributed by atoms with van der Waals surface area (Å²) in [6, 6.07) is 6.23. The van der Waals surface area contributed by atoms with Gasteiger partial charge in [0.25, 0.3) is 0 Å². The summed E-state index contributed by atoms with van der Waals surface area (Å²) in [5.41, 5.74) is 0.364. The molecule has 10 heteroatoms. The van der Waals surface area contributed by atoms with Crippen LogP contribution >= 0.6 is 23.4 Å². The first-order valence-corrected chi connectivity index (χ1v) is 8.12. The number of thioether (sulfide) groups is 1. The molecule has 0 saturated carbocycles. The number of ketones is 1. The highest BCUT2D eigenvalue weighted by Crippen LogP contribution is 2.33. The first-order valence-electron chi connectivity index (χ1n) is 6.92. The van der Waals surface area contributed by atoms with Gasteiger partial charge in [0.2, 0.25) is 11.6 Å². The summed E-state index contributed by atoms with van der Waals surface area (Å²) in [5.74, 6) is -1.48. The van der Waals surface area contributed by atoms with Crippen LogP contribution in [0.15, 0.2) is 40.5 Å². The fourth-order valence-electron chi connectivity index (χ4n) is 1.86. The first kappa shape index (κ1) is 19.3. The number of nitrogens with zero attached hydrogens (tertiary/aromatic N) is 4. The van der Waals surface area contributed by atoms with E-state index in [-0.39, 0.29) is 15.8 Å². The van der Waals surface area contributed by atoms with Crippen molar-refractivity contribution in [2.24, 2.45) is 7.05 Å². The van der Waals surface area contributed by atoms with E-state index >= 15 is 0 Å². The largest absolute Gasteiger partial charge is 0.451 e. The average Bonchev–Trinajstić information content (AvgIpc) is 2.87. The van der Waals surface area contributed by atoms with Gasteiger partial charge in [-0.05, 0) is 36.0 Å². The third-order valence-electron chi connectivity index (χ3n) is 3.00. The van der Waals surface area contributed by atoms with E-state index in [0.717, 1.165) is 16.3 Å². The minimum absolute atomic E-state index is 0.0391. The molecule has 0 spiro atoms. The quantitative estimate of drug-likeness (QED) is 0.441. The normalized spacial score (nSPS) is 12.4. The topological polar surface area (TPSA) is 51.0 Å². The second kappa shape index (κ2) is 7.49. The molecule has 0 aliphatic rings. The lowest BCUT2D eigenvalue weighted by molar-refractivity contribution is -0.147. The van der Waals surface area contributed by atoms with Gasteiger partial charge in [0.15, 0.2) is 5.16 Å². The molecule has 0 saturated heterocycles. The predicted molar refractivity (Wildman–Crippen MR) is 89.4 cm³/mol. The van der Waals surface area contributed by atoms with Gasteiger partial charge in [-0.2, -0.15) is 13.2 Å². The Bertz CT molecular complexity index is 800. The molecule has 2 rings (SSSR count). The lowest BCUT2D eigenvalue weighted by atomic mass is 10.1. The van der Waals surface area contributed by atoms with Crippen molar-refractivity contribution in [3.8, 4) is 0 Å². The number of carbonyl (C=O) groups is 1. The molecule has 1 aromatic heterocycles. The molecule has 0 aliphatic heterocycles. The highest BCUT2D eigenvalue weighted by atomic mass is 35.5. The van der Waals surface area contributed by atoms with Gasteiger partial charge >= 0.3 is 6.18 Å². The summed E-state index contributed by atoms with van der Waals surface area (Å²) >= 11 is 6.62. The zero-order valence-electron chi connectivity index (χ0n) is 13.5. The van der Waals surface area contributed by atoms with Gasteiger partial charge in [0.05, 0.1) is 4.91 Å². The molecule has 134 valence electrons. The van der Waals surface area contributed by atoms with Gasteiger partial charge in [0.1, 0.15) is 0 Å². The third kappa shape index (κ3) is 4.76. The fraction of sp³-hybridized carbons (Fsp3) is 0.267. The Labute approximate surface area is 151 Å². The molecule has 0 bridgehead atoms. The van der Waals surface area contributed by atoms with Crippen LogP contribution in [0.1, 0.15) is 16.2 Å². The van der Waals surface area contributed by atoms with Gasteiger partial charge in [0, 0.05) is 37.9 Å². The van der Waals surface area contributed by atoms with E-state index in [0.29, 0.717) is 10.6 Å². The summed E-state index contributed by atoms with van der Waals surface area (Å²) in [4.78, 5) is 14.5. The van der Waals surface area contributed by atoms with Gasteiger partial charge in [-0.15, -0.1) is 10.2 Å². The standard InChI is InChI=1S/C15H14ClF3N4OS/c1-22(2)8-11(12(24)9-4-6-10(16)7-5-9)25-14-21-20-13(23(14)3)15(17,18)19/h4-8H,1-3H3/b11-8-. The molecule has 5 nitrogen and oxygen atoms in total. The maximum absolute atomic E-state index is 12.8. The molecule has 25 heavy (non-hydrogen) atoms. The van der Waals surface area contributed by atoms with Crippen LogP contribution in [0.25, 0.3) is 0 Å². The van der Waals surface area contributed by atoms with Crippen LogP contribution in [-0.2, 0) is 13.2 Å². The van der Waals surface area contributed by atoms with Gasteiger partial charge < -0.3 is 9.47 Å². The molecular weight excluding hydrogens is 377 g/mol. The van der Waals surface area contributed by atoms with Crippen molar-refractivity contribution in [1.29, 1.82) is 0 Å². The number of rotatable bonds is 5. The van der Waals surface area contributed by atoms with Crippen LogP contribution in [-0.4, -0.2) is 39.5 Å². The summed E-state index contributed by atoms with van der Waals surface area (Å²) in [7, 11) is 4.60. The summed E-state index contributed by atoms with van der Waals surface area (Å²) in [6.45, 7) is 0. The van der Waals surface area contributed by atoms with Crippen LogP contribution in [0, 0.1) is 0 Å². The molecule has 1 aromatic carbocycles. The van der Waals surface area contributed by atoms with Crippen molar-refractivity contribution in [2.75, 3.05) is 14.1 Å². The van der Waals surface area contributed by atoms with Crippen molar-refractivity contribution < 1.29 is 18.0 Å². The predicted octanol–water partition coefficient (Wildman–Crippen LogP) is 3.87. The number of hydrogen-bond donors (Lipinski definition) is 0. The van der Waals surface area contributed by atoms with Crippen LogP contribution < -0.4 is 0 Å². The minimum Gasteiger partial charge on any atom is -0.382 e. The zero-order chi connectivity index (χ0) is 18.8. The SMILES string of the molecule is CN(C)/C=C(\Sc1nnc(C(F)(F)F)n1C)C(=O)c1ccc(Cl)cc1. The van der Waals surface area contributed by atoms with E-state index in [9.17, 15) is 18.0 Å². The van der Waals surface area contributed by atoms with Crippen molar-refractivity contribution >= 4 is 29.1 Å². The van der Waals surface area contributed by atoms with Crippen LogP contribution in [0.2, 0.25) is 5.02 Å². The Morgan fingerprint density at radius 2 is 1.84 bits per heavy atom. The Balaban J connectivity index is 2.35. The van der Waals surface area contributed by atoms with Crippen LogP contribution in [0.3, 0.4) is 0 Å². The smallest absolute Gasteiger partial charge is 0.382 e. The van der Waals surface area contributed by atoms with Crippen molar-refractivity contribution in [3.63, 3.8) is 0 Å². The molecular formula is C15H14ClF3N4OS. The molecule has 2 aromatic rings. The molecule has 0 amide bonds. The molecule has 1 heterocycles. The van der Waals surface area contributed by atoms with E-state index in [1.807, 2.05) is 0 Å². The van der Waals surface area contributed by atoms with Crippen LogP contribution in [0.5, 0.6) is 0 Å². The van der Waals surface area contributed by atoms with Gasteiger partial charge in [-0.3, -0.25) is 4.79 Å². The number of Topliss-reactive ketones (excluding diaryl/α,β-unsaturated/α-hetero) is 1. The van der Waals surface area contributed by atoms with E-state index in [1.165, 1.54) is 13.2 Å². The lowest BCUT2D eigenvalue weighted by Crippen LogP contribution is -2.13. The second-order valence-electron chi connectivity index (χ2n) is 5.26. The molecule has 0 atom stereocenters. The van der Waals surface area contributed by atoms with Crippen molar-refractivity contribution in [1.82, 2.24) is 19.7 Å². The van der Waals surface area contributed by atoms with E-state index < -0.39 is 12.0 Å². The Hall–Kier alpha value is -2.00. The Morgan fingerprint density at radius 3 is 2.32 bits per heavy atom. The average molecular weight is 391 g/mol. The number of hydrogen-bond acceptors (Lipinski definition) is 5. The maximum Gasteiger partial charge on any atom is 0.451 e. The van der Waals surface area contributed by atoms with E-state index in [2.05, 4.69) is 10.2 Å². The third-order valence-corrected chi connectivity index (χ3v) is 4.30. The number of alkyl halides is 3. The summed E-state index contributed by atoms with van der Waals surface area (Å²) < 4.78 is 39.3. The molecule has 0 N–H and O–H groups in total. The van der Waals surface area contributed by atoms with E-state index in [4.69, 9.17) is 11.6 Å². The Morgan fingerprint density at radius 1 is 1.24 bits per heavy atom. The number of aromatic nitrogens is 3. The number of carbonyl (C=O) groups excluding carboxylic acids is 1. The zero-order valence-corrected chi connectivity index (χ0v) is 15.1. The molecule has 0 unspecified atom stereocenters. The van der Waals surface area contributed by atoms with E-state index in [1.54, 1.807) is 43.3 Å². The van der Waals surface area contributed by atoms with Crippen LogP contribution in [0.4, 0.5) is 13.2 Å². The van der Waals surface area contributed by atoms with Crippen molar-refractivity contribution in [2.45, 2.75) is 11.3 Å². The first-order chi connectivity index (χ1) is 11.6. The Kier molecular flexibility index (Phi) is 5.79. The highest BCUT2D eigenvalue weighted by molar-refractivity contribution is 8.03. The maximum atomic E-state index is 12.8. The fourth-order valence-corrected chi connectivity index (χ4v) is 2.96. The van der Waals surface area contributed by atoms with Crippen molar-refractivity contribution in [3.05, 3.63) is 51.8 Å². The minimum atomic E-state index is -4.62. The monoisotopic (exact) mass is 390 g/mol. The number of halogens is 4. The highest BCUT2D eigenvalue weighted by Gasteiger charge is 2.37. The number of benzene rings is 1. The second-order valence-corrected chi connectivity index (χ2v) is 6.70. The molecule has 0 aliphatic carbocycles.